The SMILES string of the molecule is FC1=CCCC1.Nc1ncnc2nc[nH]c12.O=P([O-])([O-])CO.[Na+].[Na+]. The zero-order valence-corrected chi connectivity index (χ0v) is 18.4. The first-order valence-electron chi connectivity index (χ1n) is 6.19. The molecule has 2 aromatic rings. The number of allylic oxidation sites excluding steroid dienone is 2. The summed E-state index contributed by atoms with van der Waals surface area (Å²) in [7, 11) is -4.59. The molecular formula is C11H15FN5Na2O4P. The number of H-pyrrole nitrogens is 1. The van der Waals surface area contributed by atoms with Crippen LogP contribution in [0, 0.1) is 0 Å². The summed E-state index contributed by atoms with van der Waals surface area (Å²) in [5.41, 5.74) is 6.78. The van der Waals surface area contributed by atoms with E-state index in [1.165, 1.54) is 12.7 Å². The average molecular weight is 377 g/mol. The number of rotatable bonds is 1. The van der Waals surface area contributed by atoms with E-state index in [1.807, 2.05) is 0 Å². The molecule has 0 amide bonds. The number of hydrogen-bond acceptors (Lipinski definition) is 8. The van der Waals surface area contributed by atoms with Crippen LogP contribution in [0.25, 0.3) is 11.2 Å². The van der Waals surface area contributed by atoms with Gasteiger partial charge in [0, 0.05) is 0 Å². The molecular weight excluding hydrogens is 362 g/mol. The molecule has 24 heavy (non-hydrogen) atoms. The molecule has 1 aliphatic rings. The van der Waals surface area contributed by atoms with Gasteiger partial charge in [-0.15, -0.1) is 0 Å². The predicted octanol–water partition coefficient (Wildman–Crippen LogP) is -6.18. The minimum atomic E-state index is -4.59. The first kappa shape index (κ1) is 26.4. The van der Waals surface area contributed by atoms with Crippen LogP contribution in [-0.4, -0.2) is 31.4 Å². The van der Waals surface area contributed by atoms with Crippen LogP contribution >= 0.6 is 7.60 Å². The summed E-state index contributed by atoms with van der Waals surface area (Å²) >= 11 is 0. The van der Waals surface area contributed by atoms with Crippen molar-refractivity contribution in [2.24, 2.45) is 0 Å². The Morgan fingerprint density at radius 1 is 1.33 bits per heavy atom. The van der Waals surface area contributed by atoms with Crippen molar-refractivity contribution in [3.8, 4) is 0 Å². The van der Waals surface area contributed by atoms with Crippen LogP contribution in [0.3, 0.4) is 0 Å². The maximum absolute atomic E-state index is 11.8. The second-order valence-electron chi connectivity index (χ2n) is 4.16. The first-order chi connectivity index (χ1) is 10.3. The number of hydrogen-bond donors (Lipinski definition) is 3. The Morgan fingerprint density at radius 3 is 2.33 bits per heavy atom. The molecule has 2 aromatic heterocycles. The molecule has 0 atom stereocenters. The second kappa shape index (κ2) is 13.3. The molecule has 0 bridgehead atoms. The summed E-state index contributed by atoms with van der Waals surface area (Å²) in [6.07, 6.45) is 5.94. The van der Waals surface area contributed by atoms with Crippen molar-refractivity contribution in [3.05, 3.63) is 24.6 Å². The Labute approximate surface area is 182 Å². The van der Waals surface area contributed by atoms with E-state index >= 15 is 0 Å². The van der Waals surface area contributed by atoms with E-state index in [4.69, 9.17) is 10.8 Å². The largest absolute Gasteiger partial charge is 1.00 e. The fourth-order valence-corrected chi connectivity index (χ4v) is 1.42. The molecule has 9 nitrogen and oxygen atoms in total. The third-order valence-corrected chi connectivity index (χ3v) is 2.76. The van der Waals surface area contributed by atoms with E-state index in [-0.39, 0.29) is 64.9 Å². The Hall–Kier alpha value is 0.130. The Morgan fingerprint density at radius 2 is 1.96 bits per heavy atom. The Kier molecular flexibility index (Phi) is 14.7. The summed E-state index contributed by atoms with van der Waals surface area (Å²) in [5.74, 6) is 0.512. The van der Waals surface area contributed by atoms with Crippen LogP contribution in [0.2, 0.25) is 0 Å². The molecule has 2 heterocycles. The van der Waals surface area contributed by atoms with Gasteiger partial charge in [0.15, 0.2) is 11.5 Å². The number of aliphatic hydroxyl groups is 1. The molecule has 1 aliphatic carbocycles. The molecule has 4 N–H and O–H groups in total. The number of imidazole rings is 1. The normalized spacial score (nSPS) is 12.6. The van der Waals surface area contributed by atoms with Crippen molar-refractivity contribution in [3.63, 3.8) is 0 Å². The van der Waals surface area contributed by atoms with Crippen molar-refractivity contribution in [1.82, 2.24) is 19.9 Å². The monoisotopic (exact) mass is 377 g/mol. The smallest absolute Gasteiger partial charge is 0.809 e. The fourth-order valence-electron chi connectivity index (χ4n) is 1.42. The molecule has 0 saturated carbocycles. The number of aromatic amines is 1. The van der Waals surface area contributed by atoms with E-state index in [1.54, 1.807) is 6.08 Å². The van der Waals surface area contributed by atoms with Crippen molar-refractivity contribution < 1.29 is 83.0 Å². The van der Waals surface area contributed by atoms with Gasteiger partial charge in [-0.1, -0.05) is 6.08 Å². The van der Waals surface area contributed by atoms with E-state index in [0.29, 0.717) is 23.4 Å². The number of fused-ring (bicyclic) bond motifs is 1. The molecule has 0 fully saturated rings. The van der Waals surface area contributed by atoms with Gasteiger partial charge in [0.05, 0.1) is 18.5 Å². The van der Waals surface area contributed by atoms with Gasteiger partial charge in [0.25, 0.3) is 0 Å². The number of anilines is 1. The number of nitrogens with zero attached hydrogens (tertiary/aromatic N) is 3. The zero-order chi connectivity index (χ0) is 16.6. The predicted molar refractivity (Wildman–Crippen MR) is 73.8 cm³/mol. The van der Waals surface area contributed by atoms with Gasteiger partial charge in [0.1, 0.15) is 11.8 Å². The van der Waals surface area contributed by atoms with Crippen LogP contribution in [0.1, 0.15) is 19.3 Å². The molecule has 0 radical (unpaired) electrons. The summed E-state index contributed by atoms with van der Waals surface area (Å²) in [5, 5.41) is 7.51. The van der Waals surface area contributed by atoms with Gasteiger partial charge in [-0.25, -0.2) is 19.3 Å². The number of halogens is 1. The third-order valence-electron chi connectivity index (χ3n) is 2.41. The van der Waals surface area contributed by atoms with Crippen LogP contribution in [0.15, 0.2) is 24.6 Å². The first-order valence-corrected chi connectivity index (χ1v) is 7.92. The molecule has 122 valence electrons. The number of aromatic nitrogens is 4. The topological polar surface area (TPSA) is 164 Å². The number of aliphatic hydroxyl groups excluding tert-OH is 1. The Bertz CT molecular complexity index is 681. The van der Waals surface area contributed by atoms with Crippen molar-refractivity contribution in [1.29, 1.82) is 0 Å². The van der Waals surface area contributed by atoms with Crippen LogP contribution in [0.5, 0.6) is 0 Å². The maximum atomic E-state index is 11.8. The average Bonchev–Trinajstić information content (AvgIpc) is 3.11. The van der Waals surface area contributed by atoms with Crippen molar-refractivity contribution >= 4 is 24.6 Å². The maximum Gasteiger partial charge on any atom is 1.00 e. The van der Waals surface area contributed by atoms with Gasteiger partial charge in [-0.3, -0.25) is 0 Å². The molecule has 0 aromatic carbocycles. The van der Waals surface area contributed by atoms with Crippen LogP contribution in [0.4, 0.5) is 10.2 Å². The van der Waals surface area contributed by atoms with Gasteiger partial charge in [-0.2, -0.15) is 0 Å². The molecule has 13 heteroatoms. The zero-order valence-electron chi connectivity index (χ0n) is 13.5. The molecule has 0 aliphatic heterocycles. The summed E-state index contributed by atoms with van der Waals surface area (Å²) < 4.78 is 21.0. The second-order valence-corrected chi connectivity index (χ2v) is 5.66. The van der Waals surface area contributed by atoms with E-state index in [2.05, 4.69) is 19.9 Å². The van der Waals surface area contributed by atoms with E-state index < -0.39 is 13.9 Å². The summed E-state index contributed by atoms with van der Waals surface area (Å²) in [6, 6.07) is 0. The van der Waals surface area contributed by atoms with Gasteiger partial charge in [0.2, 0.25) is 0 Å². The van der Waals surface area contributed by atoms with E-state index in [0.717, 1.165) is 12.8 Å². The molecule has 3 rings (SSSR count). The molecule has 0 saturated heterocycles. The quantitative estimate of drug-likeness (QED) is 0.326. The van der Waals surface area contributed by atoms with Crippen molar-refractivity contribution in [2.45, 2.75) is 19.3 Å². The molecule has 0 unspecified atom stereocenters. The molecule has 0 spiro atoms. The third kappa shape index (κ3) is 10.9. The van der Waals surface area contributed by atoms with Crippen molar-refractivity contribution in [2.75, 3.05) is 12.1 Å². The number of nitrogen functional groups attached to an aromatic ring is 1. The van der Waals surface area contributed by atoms with Crippen LogP contribution in [-0.2, 0) is 4.57 Å². The summed E-state index contributed by atoms with van der Waals surface area (Å²) in [4.78, 5) is 32.8. The van der Waals surface area contributed by atoms with Gasteiger partial charge < -0.3 is 30.2 Å². The minimum absolute atomic E-state index is 0. The van der Waals surface area contributed by atoms with E-state index in [9.17, 15) is 18.7 Å². The Balaban J connectivity index is 0. The van der Waals surface area contributed by atoms with Gasteiger partial charge in [-0.05, 0) is 26.9 Å². The van der Waals surface area contributed by atoms with Crippen LogP contribution < -0.4 is 74.6 Å². The van der Waals surface area contributed by atoms with Gasteiger partial charge >= 0.3 is 59.1 Å². The summed E-state index contributed by atoms with van der Waals surface area (Å²) in [6.45, 7) is 0. The number of nitrogens with one attached hydrogen (secondary N) is 1. The standard InChI is InChI=1S/C5H7F.C5H5N5.CH5O4P.2Na/c6-5-3-1-2-4-5;6-4-3-5(9-1-7-3)10-2-8-4;2-1-6(3,4)5;;/h3H,1-2,4H2;1-2H,(H3,6,7,8,9,10);2H,1H2,(H2,3,4,5);;/q;;;2*+1/p-2. The fraction of sp³-hybridized carbons (Fsp3) is 0.364. The minimum Gasteiger partial charge on any atom is -0.809 e. The number of nitrogens with two attached hydrogens (primary N) is 1.